The zero-order chi connectivity index (χ0) is 20.8. The zero-order valence-corrected chi connectivity index (χ0v) is 14.8. The molecule has 0 N–H and O–H groups in total. The average molecular weight is 413 g/mol. The molecule has 0 saturated heterocycles. The second-order valence-electron chi connectivity index (χ2n) is 6.65. The number of benzene rings is 2. The second kappa shape index (κ2) is 7.22. The summed E-state index contributed by atoms with van der Waals surface area (Å²) in [6.07, 6.45) is 2.54. The molecule has 3 aromatic rings. The number of nitrogens with zero attached hydrogens (tertiary/aromatic N) is 3. The molecule has 0 spiro atoms. The van der Waals surface area contributed by atoms with Gasteiger partial charge >= 0.3 is 13.1 Å². The highest BCUT2D eigenvalue weighted by Crippen LogP contribution is 2.35. The molecule has 2 aliphatic rings. The molecule has 152 valence electrons. The Kier molecular flexibility index (Phi) is 4.85. The van der Waals surface area contributed by atoms with Crippen LogP contribution in [0.3, 0.4) is 0 Å². The molecule has 2 heterocycles. The lowest BCUT2D eigenvalue weighted by Gasteiger charge is -2.23. The summed E-state index contributed by atoms with van der Waals surface area (Å²) in [6, 6.07) is 12.0. The van der Waals surface area contributed by atoms with Crippen molar-refractivity contribution in [1.82, 2.24) is 9.78 Å². The Hall–Kier alpha value is -2.82. The summed E-state index contributed by atoms with van der Waals surface area (Å²) in [7, 11) is -6.00. The van der Waals surface area contributed by atoms with Gasteiger partial charge in [-0.25, -0.2) is 13.3 Å². The molecule has 0 saturated carbocycles. The van der Waals surface area contributed by atoms with Gasteiger partial charge in [0.15, 0.2) is 11.6 Å². The van der Waals surface area contributed by atoms with Crippen LogP contribution in [0.1, 0.15) is 23.0 Å². The van der Waals surface area contributed by atoms with E-state index in [1.807, 2.05) is 16.7 Å². The van der Waals surface area contributed by atoms with Gasteiger partial charge in [-0.05, 0) is 23.3 Å². The molecule has 0 bridgehead atoms. The molecule has 0 amide bonds. The van der Waals surface area contributed by atoms with Crippen molar-refractivity contribution in [3.8, 4) is 5.69 Å². The van der Waals surface area contributed by atoms with Crippen LogP contribution in [-0.4, -0.2) is 23.1 Å². The predicted molar refractivity (Wildman–Crippen MR) is 90.7 cm³/mol. The lowest BCUT2D eigenvalue weighted by molar-refractivity contribution is -0.739. The molecular formula is C18H14BF6N3O. The predicted octanol–water partition coefficient (Wildman–Crippen LogP) is 3.78. The first-order chi connectivity index (χ1) is 13.7. The average Bonchev–Trinajstić information content (AvgIpc) is 3.20. The lowest BCUT2D eigenvalue weighted by atomic mass is 10.1. The summed E-state index contributed by atoms with van der Waals surface area (Å²) in [6.45, 7) is 0.332. The van der Waals surface area contributed by atoms with Gasteiger partial charge in [-0.3, -0.25) is 0 Å². The number of hydrogen-bond donors (Lipinski definition) is 0. The molecule has 4 nitrogen and oxygen atoms in total. The molecule has 29 heavy (non-hydrogen) atoms. The number of rotatable bonds is 1. The van der Waals surface area contributed by atoms with Crippen molar-refractivity contribution in [3.05, 3.63) is 77.4 Å². The monoisotopic (exact) mass is 413 g/mol. The summed E-state index contributed by atoms with van der Waals surface area (Å²) in [4.78, 5) is 0. The highest BCUT2D eigenvalue weighted by atomic mass is 19.5. The third-order valence-corrected chi connectivity index (χ3v) is 4.79. The van der Waals surface area contributed by atoms with Crippen LogP contribution < -0.4 is 4.57 Å². The number of ether oxygens (including phenoxy) is 1. The van der Waals surface area contributed by atoms with Gasteiger partial charge in [-0.2, -0.15) is 0 Å². The van der Waals surface area contributed by atoms with E-state index in [1.54, 1.807) is 6.33 Å². The first-order valence-corrected chi connectivity index (χ1v) is 8.73. The Morgan fingerprint density at radius 1 is 1.00 bits per heavy atom. The van der Waals surface area contributed by atoms with Crippen LogP contribution in [0.4, 0.5) is 26.0 Å². The fourth-order valence-corrected chi connectivity index (χ4v) is 3.74. The molecule has 1 aliphatic carbocycles. The van der Waals surface area contributed by atoms with E-state index in [0.29, 0.717) is 12.4 Å². The van der Waals surface area contributed by atoms with Crippen LogP contribution in [0.25, 0.3) is 5.69 Å². The Morgan fingerprint density at radius 3 is 2.34 bits per heavy atom. The summed E-state index contributed by atoms with van der Waals surface area (Å²) >= 11 is 0. The molecule has 2 atom stereocenters. The number of fused-ring (bicyclic) bond motifs is 5. The maximum absolute atomic E-state index is 14.1. The first kappa shape index (κ1) is 19.5. The number of aromatic nitrogens is 3. The van der Waals surface area contributed by atoms with Gasteiger partial charge in [0.05, 0.1) is 0 Å². The third kappa shape index (κ3) is 3.86. The van der Waals surface area contributed by atoms with Crippen molar-refractivity contribution in [2.75, 3.05) is 0 Å². The van der Waals surface area contributed by atoms with Crippen molar-refractivity contribution in [1.29, 1.82) is 0 Å². The molecule has 1 aliphatic heterocycles. The minimum Gasteiger partial charge on any atom is -0.418 e. The van der Waals surface area contributed by atoms with Crippen LogP contribution in [0.5, 0.6) is 0 Å². The van der Waals surface area contributed by atoms with Gasteiger partial charge < -0.3 is 22.0 Å². The van der Waals surface area contributed by atoms with E-state index in [4.69, 9.17) is 4.74 Å². The van der Waals surface area contributed by atoms with E-state index in [2.05, 4.69) is 17.2 Å². The molecule has 5 rings (SSSR count). The molecule has 1 aromatic heterocycles. The topological polar surface area (TPSA) is 30.9 Å². The van der Waals surface area contributed by atoms with Crippen LogP contribution in [-0.2, 0) is 17.8 Å². The highest BCUT2D eigenvalue weighted by Gasteiger charge is 2.43. The maximum atomic E-state index is 14.1. The quantitative estimate of drug-likeness (QED) is 0.346. The van der Waals surface area contributed by atoms with Crippen LogP contribution in [0.15, 0.2) is 48.8 Å². The molecule has 0 radical (unpaired) electrons. The van der Waals surface area contributed by atoms with Crippen molar-refractivity contribution in [3.63, 3.8) is 0 Å². The maximum Gasteiger partial charge on any atom is 0.673 e. The van der Waals surface area contributed by atoms with Crippen LogP contribution >= 0.6 is 0 Å². The van der Waals surface area contributed by atoms with Gasteiger partial charge in [0, 0.05) is 11.5 Å². The van der Waals surface area contributed by atoms with E-state index in [-0.39, 0.29) is 17.8 Å². The van der Waals surface area contributed by atoms with Crippen molar-refractivity contribution < 1.29 is 35.3 Å². The number of halogens is 6. The summed E-state index contributed by atoms with van der Waals surface area (Å²) < 4.78 is 76.3. The number of para-hydroxylation sites is 1. The number of hydrogen-bond acceptors (Lipinski definition) is 2. The van der Waals surface area contributed by atoms with E-state index in [0.717, 1.165) is 6.42 Å². The minimum absolute atomic E-state index is 0.00599. The van der Waals surface area contributed by atoms with E-state index in [1.165, 1.54) is 34.0 Å². The van der Waals surface area contributed by atoms with Crippen LogP contribution in [0, 0.1) is 11.6 Å². The molecule has 0 unspecified atom stereocenters. The fourth-order valence-electron chi connectivity index (χ4n) is 3.74. The van der Waals surface area contributed by atoms with Gasteiger partial charge in [0.1, 0.15) is 18.8 Å². The zero-order valence-electron chi connectivity index (χ0n) is 14.8. The van der Waals surface area contributed by atoms with Gasteiger partial charge in [-0.1, -0.05) is 35.0 Å². The SMILES string of the molecule is F[B-](F)(F)F.Fc1cccc(F)c1-n1c[n+]2c(n1)CO[C@@H]1Cc3ccccc3[C@@H]12. The summed E-state index contributed by atoms with van der Waals surface area (Å²) in [5.41, 5.74) is 2.27. The molecular weight excluding hydrogens is 399 g/mol. The van der Waals surface area contributed by atoms with Crippen LogP contribution in [0.2, 0.25) is 0 Å². The first-order valence-electron chi connectivity index (χ1n) is 8.73. The van der Waals surface area contributed by atoms with Gasteiger partial charge in [0.25, 0.3) is 0 Å². The van der Waals surface area contributed by atoms with E-state index in [9.17, 15) is 26.0 Å². The van der Waals surface area contributed by atoms with Gasteiger partial charge in [0.2, 0.25) is 12.0 Å². The van der Waals surface area contributed by atoms with Crippen molar-refractivity contribution >= 4 is 7.25 Å². The second-order valence-corrected chi connectivity index (χ2v) is 6.65. The lowest BCUT2D eigenvalue weighted by Crippen LogP contribution is -2.51. The minimum atomic E-state index is -6.00. The van der Waals surface area contributed by atoms with E-state index >= 15 is 0 Å². The molecule has 2 aromatic carbocycles. The van der Waals surface area contributed by atoms with Crippen molar-refractivity contribution in [2.24, 2.45) is 0 Å². The Labute approximate surface area is 161 Å². The van der Waals surface area contributed by atoms with E-state index < -0.39 is 18.9 Å². The summed E-state index contributed by atoms with van der Waals surface area (Å²) in [5.74, 6) is -0.616. The van der Waals surface area contributed by atoms with Gasteiger partial charge in [-0.15, -0.1) is 0 Å². The smallest absolute Gasteiger partial charge is 0.418 e. The molecule has 11 heteroatoms. The Morgan fingerprint density at radius 2 is 1.66 bits per heavy atom. The molecule has 0 fully saturated rings. The standard InChI is InChI=1S/C18H14F2N3O.BF4/c19-13-6-3-7-14(20)18(13)23-10-22-16(21-23)9-24-15-8-11-4-1-2-5-12(11)17(15)22;2-1(3,4)5/h1-7,10,15,17H,8-9H2;/q+1;-1/t15-,17+;/m1./s1. The Balaban J connectivity index is 0.000000369. The largest absolute Gasteiger partial charge is 0.673 e. The highest BCUT2D eigenvalue weighted by molar-refractivity contribution is 6.50. The Bertz CT molecular complexity index is 1030. The fraction of sp³-hybridized carbons (Fsp3) is 0.222. The third-order valence-electron chi connectivity index (χ3n) is 4.79. The van der Waals surface area contributed by atoms with Crippen molar-refractivity contribution in [2.45, 2.75) is 25.2 Å². The summed E-state index contributed by atoms with van der Waals surface area (Å²) in [5, 5.41) is 4.35. The normalized spacial score (nSPS) is 19.7.